The number of aromatic nitrogens is 4. The van der Waals surface area contributed by atoms with Crippen LogP contribution in [-0.4, -0.2) is 48.8 Å². The molecule has 7 nitrogen and oxygen atoms in total. The van der Waals surface area contributed by atoms with Gasteiger partial charge < -0.3 is 4.90 Å². The maximum atomic E-state index is 12.9. The van der Waals surface area contributed by atoms with Gasteiger partial charge in [0, 0.05) is 36.5 Å². The molecule has 0 spiro atoms. The fraction of sp³-hybridized carbons (Fsp3) is 0.316. The topological polar surface area (TPSA) is 80.5 Å². The molecule has 0 N–H and O–H groups in total. The summed E-state index contributed by atoms with van der Waals surface area (Å²) in [6.07, 6.45) is 3.66. The lowest BCUT2D eigenvalue weighted by Crippen LogP contribution is -2.37. The Labute approximate surface area is 150 Å². The van der Waals surface area contributed by atoms with E-state index >= 15 is 0 Å². The van der Waals surface area contributed by atoms with Crippen LogP contribution in [0.15, 0.2) is 42.6 Å². The molecule has 1 amide bonds. The third kappa shape index (κ3) is 2.96. The summed E-state index contributed by atoms with van der Waals surface area (Å²) in [7, 11) is 0. The number of ketones is 1. The van der Waals surface area contributed by atoms with Gasteiger partial charge >= 0.3 is 0 Å². The molecule has 0 saturated carbocycles. The quantitative estimate of drug-likeness (QED) is 0.675. The number of fused-ring (bicyclic) bond motifs is 1. The number of hydrogen-bond acceptors (Lipinski definition) is 5. The first-order valence-corrected chi connectivity index (χ1v) is 8.71. The maximum Gasteiger partial charge on any atom is 0.293 e. The number of hydrogen-bond donors (Lipinski definition) is 0. The summed E-state index contributed by atoms with van der Waals surface area (Å²) >= 11 is 0. The molecule has 1 unspecified atom stereocenters. The largest absolute Gasteiger partial charge is 0.332 e. The Balaban J connectivity index is 1.54. The first-order chi connectivity index (χ1) is 12.6. The van der Waals surface area contributed by atoms with Crippen LogP contribution in [0.2, 0.25) is 0 Å². The second-order valence-electron chi connectivity index (χ2n) is 6.52. The van der Waals surface area contributed by atoms with Gasteiger partial charge in [0.15, 0.2) is 5.78 Å². The van der Waals surface area contributed by atoms with Crippen LogP contribution in [-0.2, 0) is 0 Å². The van der Waals surface area contributed by atoms with Crippen LogP contribution >= 0.6 is 0 Å². The summed E-state index contributed by atoms with van der Waals surface area (Å²) in [5.74, 6) is 0.351. The molecule has 26 heavy (non-hydrogen) atoms. The van der Waals surface area contributed by atoms with Crippen molar-refractivity contribution in [2.45, 2.75) is 32.2 Å². The average molecular weight is 349 g/mol. The molecular formula is C19H19N5O2. The van der Waals surface area contributed by atoms with E-state index < -0.39 is 0 Å². The van der Waals surface area contributed by atoms with E-state index in [0.717, 1.165) is 18.5 Å². The van der Waals surface area contributed by atoms with E-state index in [0.29, 0.717) is 24.3 Å². The van der Waals surface area contributed by atoms with Crippen molar-refractivity contribution in [1.82, 2.24) is 24.5 Å². The van der Waals surface area contributed by atoms with Crippen LogP contribution in [0.3, 0.4) is 0 Å². The predicted octanol–water partition coefficient (Wildman–Crippen LogP) is 2.31. The lowest BCUT2D eigenvalue weighted by molar-refractivity contribution is 0.0706. The smallest absolute Gasteiger partial charge is 0.293 e. The number of aryl methyl sites for hydroxylation is 1. The second kappa shape index (κ2) is 6.67. The number of carbonyl (C=O) groups excluding carboxylic acids is 2. The van der Waals surface area contributed by atoms with Gasteiger partial charge in [-0.15, -0.1) is 5.10 Å². The van der Waals surface area contributed by atoms with Crippen molar-refractivity contribution < 1.29 is 9.59 Å². The number of carbonyl (C=O) groups is 2. The Morgan fingerprint density at radius 3 is 2.77 bits per heavy atom. The zero-order valence-electron chi connectivity index (χ0n) is 14.5. The van der Waals surface area contributed by atoms with Crippen LogP contribution in [0.25, 0.3) is 5.78 Å². The van der Waals surface area contributed by atoms with E-state index in [1.54, 1.807) is 15.6 Å². The monoisotopic (exact) mass is 349 g/mol. The predicted molar refractivity (Wildman–Crippen MR) is 95.0 cm³/mol. The summed E-state index contributed by atoms with van der Waals surface area (Å²) in [5.41, 5.74) is 1.54. The van der Waals surface area contributed by atoms with Crippen molar-refractivity contribution in [3.63, 3.8) is 0 Å². The lowest BCUT2D eigenvalue weighted by atomic mass is 10.0. The number of benzene rings is 1. The average Bonchev–Trinajstić information content (AvgIpc) is 3.29. The summed E-state index contributed by atoms with van der Waals surface area (Å²) in [5, 5.41) is 4.30. The van der Waals surface area contributed by atoms with E-state index in [2.05, 4.69) is 15.1 Å². The molecule has 3 heterocycles. The van der Waals surface area contributed by atoms with E-state index in [1.165, 1.54) is 0 Å². The van der Waals surface area contributed by atoms with E-state index in [1.807, 2.05) is 43.3 Å². The van der Waals surface area contributed by atoms with Gasteiger partial charge in [0.25, 0.3) is 11.7 Å². The summed E-state index contributed by atoms with van der Waals surface area (Å²) in [6.45, 7) is 2.50. The standard InChI is InChI=1S/C19H19N5O2/c1-13-9-10-20-19-21-17(22-24(13)19)18(26)23-11-5-8-15(23)12-16(25)14-6-3-2-4-7-14/h2-4,6-7,9-10,15H,5,8,11-12H2,1H3. The number of nitrogens with zero attached hydrogens (tertiary/aromatic N) is 5. The molecular weight excluding hydrogens is 330 g/mol. The maximum absolute atomic E-state index is 12.9. The van der Waals surface area contributed by atoms with Crippen LogP contribution in [0.4, 0.5) is 0 Å². The van der Waals surface area contributed by atoms with Crippen LogP contribution < -0.4 is 0 Å². The molecule has 132 valence electrons. The van der Waals surface area contributed by atoms with Gasteiger partial charge in [-0.1, -0.05) is 30.3 Å². The van der Waals surface area contributed by atoms with Crippen molar-refractivity contribution >= 4 is 17.5 Å². The first kappa shape index (κ1) is 16.4. The molecule has 1 fully saturated rings. The minimum absolute atomic E-state index is 0.0516. The number of Topliss-reactive ketones (excluding diaryl/α,β-unsaturated/α-hetero) is 1. The highest BCUT2D eigenvalue weighted by molar-refractivity contribution is 5.97. The highest BCUT2D eigenvalue weighted by Crippen LogP contribution is 2.23. The van der Waals surface area contributed by atoms with Crippen molar-refractivity contribution in [3.05, 3.63) is 59.7 Å². The molecule has 0 bridgehead atoms. The highest BCUT2D eigenvalue weighted by atomic mass is 16.2. The molecule has 2 aromatic heterocycles. The summed E-state index contributed by atoms with van der Waals surface area (Å²) in [4.78, 5) is 35.5. The normalized spacial score (nSPS) is 17.0. The van der Waals surface area contributed by atoms with Crippen molar-refractivity contribution in [2.75, 3.05) is 6.54 Å². The minimum Gasteiger partial charge on any atom is -0.332 e. The van der Waals surface area contributed by atoms with Crippen molar-refractivity contribution in [2.24, 2.45) is 0 Å². The molecule has 0 radical (unpaired) electrons. The molecule has 1 aliphatic heterocycles. The van der Waals surface area contributed by atoms with Crippen LogP contribution in [0.5, 0.6) is 0 Å². The van der Waals surface area contributed by atoms with Crippen molar-refractivity contribution in [1.29, 1.82) is 0 Å². The molecule has 1 atom stereocenters. The van der Waals surface area contributed by atoms with Gasteiger partial charge in [-0.2, -0.15) is 4.98 Å². The van der Waals surface area contributed by atoms with Gasteiger partial charge in [0.05, 0.1) is 0 Å². The highest BCUT2D eigenvalue weighted by Gasteiger charge is 2.33. The zero-order chi connectivity index (χ0) is 18.1. The fourth-order valence-electron chi connectivity index (χ4n) is 3.40. The van der Waals surface area contributed by atoms with Crippen LogP contribution in [0, 0.1) is 6.92 Å². The Kier molecular flexibility index (Phi) is 4.20. The van der Waals surface area contributed by atoms with E-state index in [-0.39, 0.29) is 23.6 Å². The van der Waals surface area contributed by atoms with Gasteiger partial charge in [-0.3, -0.25) is 9.59 Å². The van der Waals surface area contributed by atoms with Gasteiger partial charge in [0.1, 0.15) is 0 Å². The SMILES string of the molecule is Cc1ccnc2nc(C(=O)N3CCCC3CC(=O)c3ccccc3)nn12. The van der Waals surface area contributed by atoms with Gasteiger partial charge in [0.2, 0.25) is 5.82 Å². The van der Waals surface area contributed by atoms with Crippen LogP contribution in [0.1, 0.15) is 45.9 Å². The Morgan fingerprint density at radius 1 is 1.19 bits per heavy atom. The summed E-state index contributed by atoms with van der Waals surface area (Å²) < 4.78 is 1.56. The van der Waals surface area contributed by atoms with Gasteiger partial charge in [-0.25, -0.2) is 9.50 Å². The molecule has 1 aromatic carbocycles. The third-order valence-electron chi connectivity index (χ3n) is 4.78. The molecule has 4 rings (SSSR count). The van der Waals surface area contributed by atoms with Crippen molar-refractivity contribution in [3.8, 4) is 0 Å². The number of rotatable bonds is 4. The molecule has 0 aliphatic carbocycles. The lowest BCUT2D eigenvalue weighted by Gasteiger charge is -2.22. The fourth-order valence-corrected chi connectivity index (χ4v) is 3.40. The van der Waals surface area contributed by atoms with E-state index in [4.69, 9.17) is 0 Å². The molecule has 1 aliphatic rings. The Bertz CT molecular complexity index is 966. The zero-order valence-corrected chi connectivity index (χ0v) is 14.5. The molecule has 7 heteroatoms. The molecule has 3 aromatic rings. The number of amides is 1. The first-order valence-electron chi connectivity index (χ1n) is 8.71. The third-order valence-corrected chi connectivity index (χ3v) is 4.78. The minimum atomic E-state index is -0.238. The molecule has 1 saturated heterocycles. The second-order valence-corrected chi connectivity index (χ2v) is 6.52. The summed E-state index contributed by atoms with van der Waals surface area (Å²) in [6, 6.07) is 10.9. The van der Waals surface area contributed by atoms with Gasteiger partial charge in [-0.05, 0) is 25.8 Å². The Morgan fingerprint density at radius 2 is 2.00 bits per heavy atom. The van der Waals surface area contributed by atoms with E-state index in [9.17, 15) is 9.59 Å². The Hall–Kier alpha value is -3.09. The number of likely N-dealkylation sites (tertiary alicyclic amines) is 1.